The number of halogens is 1. The largest absolute Gasteiger partial charge is 0.493 e. The van der Waals surface area contributed by atoms with Crippen molar-refractivity contribution in [3.63, 3.8) is 0 Å². The molecule has 0 atom stereocenters. The van der Waals surface area contributed by atoms with Gasteiger partial charge in [-0.15, -0.1) is 0 Å². The fraction of sp³-hybridized carbons (Fsp3) is 0.143. The van der Waals surface area contributed by atoms with Gasteiger partial charge in [0.15, 0.2) is 28.0 Å². The van der Waals surface area contributed by atoms with Crippen LogP contribution in [-0.4, -0.2) is 0 Å². The van der Waals surface area contributed by atoms with Gasteiger partial charge in [-0.05, 0) is 55.7 Å². The number of hydrogen-bond donors (Lipinski definition) is 0. The van der Waals surface area contributed by atoms with Crippen molar-refractivity contribution in [2.24, 2.45) is 0 Å². The summed E-state index contributed by atoms with van der Waals surface area (Å²) in [6, 6.07) is 23.6. The molecule has 0 unspecified atom stereocenters. The van der Waals surface area contributed by atoms with E-state index >= 15 is 0 Å². The summed E-state index contributed by atoms with van der Waals surface area (Å²) >= 11 is 7.05. The van der Waals surface area contributed by atoms with Crippen molar-refractivity contribution in [1.29, 1.82) is 0 Å². The van der Waals surface area contributed by atoms with Crippen LogP contribution in [0.1, 0.15) is 16.7 Å². The molecule has 0 radical (unpaired) electrons. The van der Waals surface area contributed by atoms with Gasteiger partial charge in [-0.3, -0.25) is 9.05 Å². The maximum Gasteiger partial charge on any atom is 0.493 e. The van der Waals surface area contributed by atoms with E-state index in [2.05, 4.69) is 0 Å². The first-order valence-electron chi connectivity index (χ1n) is 8.15. The van der Waals surface area contributed by atoms with E-state index in [-0.39, 0.29) is 0 Å². The van der Waals surface area contributed by atoms with Crippen molar-refractivity contribution in [1.82, 2.24) is 0 Å². The average Bonchev–Trinajstić information content (AvgIpc) is 2.59. The Kier molecular flexibility index (Phi) is 5.32. The topological polar surface area (TPSA) is 18.5 Å². The van der Waals surface area contributed by atoms with Crippen LogP contribution in [0.2, 0.25) is 0 Å². The van der Waals surface area contributed by atoms with Crippen LogP contribution in [0.3, 0.4) is 0 Å². The lowest BCUT2D eigenvalue weighted by atomic mass is 10.2. The van der Waals surface area contributed by atoms with Gasteiger partial charge >= 0.3 is 7.07 Å². The predicted octanol–water partition coefficient (Wildman–Crippen LogP) is 6.40. The SMILES string of the molecule is Cc1ccccc1O[P+](Cl)(Oc1ccccc1C)c1ccccc1C. The molecule has 2 nitrogen and oxygen atoms in total. The van der Waals surface area contributed by atoms with E-state index in [1.165, 1.54) is 0 Å². The monoisotopic (exact) mass is 371 g/mol. The zero-order chi connectivity index (χ0) is 17.9. The number of para-hydroxylation sites is 2. The second-order valence-electron chi connectivity index (χ2n) is 5.98. The number of rotatable bonds is 5. The molecule has 0 N–H and O–H groups in total. The second kappa shape index (κ2) is 7.47. The van der Waals surface area contributed by atoms with Gasteiger partial charge in [0.2, 0.25) is 0 Å². The van der Waals surface area contributed by atoms with E-state index in [1.54, 1.807) is 0 Å². The summed E-state index contributed by atoms with van der Waals surface area (Å²) in [6.45, 7) is 6.03. The number of aryl methyl sites for hydroxylation is 3. The molecular formula is C21H21ClO2P+. The normalized spacial score (nSPS) is 11.2. The minimum Gasteiger partial charge on any atom is -0.285 e. The zero-order valence-electron chi connectivity index (χ0n) is 14.6. The van der Waals surface area contributed by atoms with Gasteiger partial charge in [-0.25, -0.2) is 0 Å². The van der Waals surface area contributed by atoms with Crippen LogP contribution < -0.4 is 14.4 Å². The van der Waals surface area contributed by atoms with Gasteiger partial charge in [0, 0.05) is 0 Å². The summed E-state index contributed by atoms with van der Waals surface area (Å²) in [5, 5.41) is 0.892. The smallest absolute Gasteiger partial charge is 0.285 e. The highest BCUT2D eigenvalue weighted by atomic mass is 35.7. The molecule has 25 heavy (non-hydrogen) atoms. The third-order valence-electron chi connectivity index (χ3n) is 4.02. The van der Waals surface area contributed by atoms with Crippen LogP contribution in [0.25, 0.3) is 0 Å². The lowest BCUT2D eigenvalue weighted by molar-refractivity contribution is 0.489. The van der Waals surface area contributed by atoms with Crippen LogP contribution in [-0.2, 0) is 0 Å². The summed E-state index contributed by atoms with van der Waals surface area (Å²) in [5.74, 6) is 1.48. The number of benzene rings is 3. The van der Waals surface area contributed by atoms with Crippen molar-refractivity contribution in [3.05, 3.63) is 89.5 Å². The maximum atomic E-state index is 7.05. The Morgan fingerprint density at radius 1 is 0.600 bits per heavy atom. The molecule has 0 aliphatic heterocycles. The molecular weight excluding hydrogens is 351 g/mol. The van der Waals surface area contributed by atoms with Gasteiger partial charge in [0.1, 0.15) is 0 Å². The summed E-state index contributed by atoms with van der Waals surface area (Å²) in [7, 11) is -2.88. The summed E-state index contributed by atoms with van der Waals surface area (Å²) in [4.78, 5) is 0. The Balaban J connectivity index is 2.07. The predicted molar refractivity (Wildman–Crippen MR) is 107 cm³/mol. The van der Waals surface area contributed by atoms with Gasteiger partial charge in [-0.1, -0.05) is 54.6 Å². The van der Waals surface area contributed by atoms with E-state index in [0.717, 1.165) is 33.5 Å². The Labute approximate surface area is 154 Å². The molecule has 0 aromatic heterocycles. The molecule has 4 heteroatoms. The maximum absolute atomic E-state index is 7.05. The first kappa shape index (κ1) is 17.8. The molecule has 0 heterocycles. The first-order chi connectivity index (χ1) is 12.0. The Hall–Kier alpha value is -2.02. The van der Waals surface area contributed by atoms with Crippen LogP contribution in [0.15, 0.2) is 72.8 Å². The molecule has 0 saturated heterocycles. The Morgan fingerprint density at radius 2 is 1.00 bits per heavy atom. The molecule has 128 valence electrons. The van der Waals surface area contributed by atoms with Gasteiger partial charge in [-0.2, -0.15) is 0 Å². The molecule has 0 fully saturated rings. The molecule has 0 amide bonds. The molecule has 0 saturated carbocycles. The van der Waals surface area contributed by atoms with Crippen molar-refractivity contribution in [2.45, 2.75) is 20.8 Å². The van der Waals surface area contributed by atoms with E-state index in [9.17, 15) is 0 Å². The highest BCUT2D eigenvalue weighted by molar-refractivity contribution is 7.98. The van der Waals surface area contributed by atoms with Crippen LogP contribution in [0.4, 0.5) is 0 Å². The highest BCUT2D eigenvalue weighted by Crippen LogP contribution is 2.64. The zero-order valence-corrected chi connectivity index (χ0v) is 16.2. The van der Waals surface area contributed by atoms with Crippen molar-refractivity contribution in [3.8, 4) is 11.5 Å². The highest BCUT2D eigenvalue weighted by Gasteiger charge is 2.49. The van der Waals surface area contributed by atoms with E-state index in [4.69, 9.17) is 20.3 Å². The third kappa shape index (κ3) is 3.98. The summed E-state index contributed by atoms with van der Waals surface area (Å²) in [5.41, 5.74) is 3.09. The fourth-order valence-electron chi connectivity index (χ4n) is 2.55. The van der Waals surface area contributed by atoms with Crippen molar-refractivity contribution in [2.75, 3.05) is 0 Å². The number of hydrogen-bond acceptors (Lipinski definition) is 2. The molecule has 0 bridgehead atoms. The lowest BCUT2D eigenvalue weighted by Crippen LogP contribution is -2.20. The quantitative estimate of drug-likeness (QED) is 0.483. The summed E-state index contributed by atoms with van der Waals surface area (Å²) in [6.07, 6.45) is 0. The molecule has 0 aliphatic rings. The standard InChI is InChI=1S/C21H21ClO2P/c1-16-10-4-7-13-19(16)23-25(22,21-15-9-6-12-18(21)3)24-20-14-8-5-11-17(20)2/h4-15H,1-3H3/q+1. The first-order valence-corrected chi connectivity index (χ1v) is 10.7. The van der Waals surface area contributed by atoms with E-state index < -0.39 is 7.07 Å². The van der Waals surface area contributed by atoms with Crippen LogP contribution in [0.5, 0.6) is 11.5 Å². The minimum atomic E-state index is -2.88. The van der Waals surface area contributed by atoms with Gasteiger partial charge in [0.25, 0.3) is 0 Å². The molecule has 3 aromatic carbocycles. The van der Waals surface area contributed by atoms with Crippen LogP contribution in [0, 0.1) is 20.8 Å². The molecule has 3 aromatic rings. The van der Waals surface area contributed by atoms with E-state index in [0.29, 0.717) is 0 Å². The summed E-state index contributed by atoms with van der Waals surface area (Å²) < 4.78 is 12.6. The Bertz CT molecular complexity index is 832. The van der Waals surface area contributed by atoms with Crippen LogP contribution >= 0.6 is 18.3 Å². The fourth-order valence-corrected chi connectivity index (χ4v) is 5.48. The minimum absolute atomic E-state index is 0.739. The van der Waals surface area contributed by atoms with Gasteiger partial charge in [0.05, 0.1) is 0 Å². The van der Waals surface area contributed by atoms with Crippen molar-refractivity contribution >= 4 is 23.6 Å². The third-order valence-corrected chi connectivity index (χ3v) is 6.92. The average molecular weight is 372 g/mol. The second-order valence-corrected chi connectivity index (χ2v) is 9.12. The molecule has 0 spiro atoms. The van der Waals surface area contributed by atoms with E-state index in [1.807, 2.05) is 93.6 Å². The van der Waals surface area contributed by atoms with Crippen molar-refractivity contribution < 1.29 is 9.05 Å². The van der Waals surface area contributed by atoms with Gasteiger partial charge < -0.3 is 0 Å². The lowest BCUT2D eigenvalue weighted by Gasteiger charge is -2.20. The Morgan fingerprint density at radius 3 is 1.44 bits per heavy atom. The molecule has 0 aliphatic carbocycles. The molecule has 3 rings (SSSR count).